The molecule has 0 atom stereocenters. The molecule has 5 nitrogen and oxygen atoms in total. The van der Waals surface area contributed by atoms with Crippen LogP contribution in [0.5, 0.6) is 0 Å². The van der Waals surface area contributed by atoms with Crippen LogP contribution in [0.2, 0.25) is 0 Å². The number of hydrogen-bond acceptors (Lipinski definition) is 3. The van der Waals surface area contributed by atoms with Crippen LogP contribution in [-0.4, -0.2) is 27.4 Å². The highest BCUT2D eigenvalue weighted by atomic mass is 16.1. The summed E-state index contributed by atoms with van der Waals surface area (Å²) in [5, 5.41) is 1.26. The number of aromatic nitrogens is 3. The first-order valence-corrected chi connectivity index (χ1v) is 9.84. The number of benzene rings is 2. The topological polar surface area (TPSA) is 61.9 Å². The summed E-state index contributed by atoms with van der Waals surface area (Å²) >= 11 is 0. The molecule has 4 aromatic rings. The molecule has 140 valence electrons. The molecule has 0 spiro atoms. The molecule has 1 fully saturated rings. The van der Waals surface area contributed by atoms with Gasteiger partial charge in [0.25, 0.3) is 0 Å². The third-order valence-corrected chi connectivity index (χ3v) is 5.95. The molecule has 2 aromatic heterocycles. The lowest BCUT2D eigenvalue weighted by Gasteiger charge is -2.34. The number of hydrogen-bond donors (Lipinski definition) is 1. The van der Waals surface area contributed by atoms with E-state index in [2.05, 4.69) is 39.2 Å². The molecule has 5 rings (SSSR count). The second kappa shape index (κ2) is 7.08. The Hall–Kier alpha value is -3.21. The number of para-hydroxylation sites is 2. The van der Waals surface area contributed by atoms with Crippen LogP contribution >= 0.6 is 0 Å². The monoisotopic (exact) mass is 370 g/mol. The molecule has 2 heterocycles. The van der Waals surface area contributed by atoms with E-state index in [9.17, 15) is 4.79 Å². The van der Waals surface area contributed by atoms with Crippen LogP contribution < -0.4 is 4.90 Å². The lowest BCUT2D eigenvalue weighted by molar-refractivity contribution is -0.108. The lowest BCUT2D eigenvalue weighted by Crippen LogP contribution is -2.37. The van der Waals surface area contributed by atoms with Crippen molar-refractivity contribution in [2.24, 2.45) is 0 Å². The minimum atomic E-state index is 0.181. The molecule has 1 aliphatic rings. The Morgan fingerprint density at radius 3 is 2.64 bits per heavy atom. The van der Waals surface area contributed by atoms with Gasteiger partial charge < -0.3 is 4.98 Å². The van der Waals surface area contributed by atoms with Crippen molar-refractivity contribution in [3.05, 3.63) is 66.5 Å². The van der Waals surface area contributed by atoms with Crippen LogP contribution in [0.3, 0.4) is 0 Å². The molecule has 2 aromatic carbocycles. The average molecular weight is 370 g/mol. The van der Waals surface area contributed by atoms with Gasteiger partial charge in [-0.15, -0.1) is 0 Å². The van der Waals surface area contributed by atoms with E-state index in [0.29, 0.717) is 11.7 Å². The average Bonchev–Trinajstić information content (AvgIpc) is 3.23. The van der Waals surface area contributed by atoms with Crippen molar-refractivity contribution in [2.75, 3.05) is 4.90 Å². The standard InChI is InChI=1S/C23H22N4O/c28-15-27(23-14-25-21-3-1-2-4-22(21)26-23)19-8-5-16(6-9-19)17-7-10-20-18(13-17)11-12-24-20/h1-4,7,10-16,19,24H,5-6,8-9H2. The summed E-state index contributed by atoms with van der Waals surface area (Å²) in [6, 6.07) is 16.8. The molecular formula is C23H22N4O. The highest BCUT2D eigenvalue weighted by molar-refractivity contribution is 5.81. The van der Waals surface area contributed by atoms with E-state index in [1.165, 1.54) is 16.5 Å². The lowest BCUT2D eigenvalue weighted by atomic mass is 9.81. The third-order valence-electron chi connectivity index (χ3n) is 5.95. The summed E-state index contributed by atoms with van der Waals surface area (Å²) in [6.45, 7) is 0. The van der Waals surface area contributed by atoms with Crippen molar-refractivity contribution in [1.82, 2.24) is 15.0 Å². The number of nitrogens with zero attached hydrogens (tertiary/aromatic N) is 3. The minimum absolute atomic E-state index is 0.181. The zero-order valence-corrected chi connectivity index (χ0v) is 15.6. The van der Waals surface area contributed by atoms with Gasteiger partial charge in [-0.25, -0.2) is 4.98 Å². The number of aromatic amines is 1. The fourth-order valence-electron chi connectivity index (χ4n) is 4.41. The van der Waals surface area contributed by atoms with Crippen molar-refractivity contribution in [1.29, 1.82) is 0 Å². The Morgan fingerprint density at radius 1 is 1.00 bits per heavy atom. The van der Waals surface area contributed by atoms with E-state index in [-0.39, 0.29) is 6.04 Å². The largest absolute Gasteiger partial charge is 0.361 e. The normalized spacial score (nSPS) is 19.7. The number of rotatable bonds is 4. The van der Waals surface area contributed by atoms with E-state index in [1.807, 2.05) is 30.5 Å². The predicted octanol–water partition coefficient (Wildman–Crippen LogP) is 4.80. The molecule has 0 saturated heterocycles. The van der Waals surface area contributed by atoms with E-state index >= 15 is 0 Å². The Morgan fingerprint density at radius 2 is 1.82 bits per heavy atom. The third kappa shape index (κ3) is 3.03. The zero-order chi connectivity index (χ0) is 18.9. The van der Waals surface area contributed by atoms with Crippen LogP contribution in [0, 0.1) is 0 Å². The fraction of sp³-hybridized carbons (Fsp3) is 0.261. The molecule has 1 aliphatic carbocycles. The molecule has 0 bridgehead atoms. The van der Waals surface area contributed by atoms with Crippen molar-refractivity contribution in [2.45, 2.75) is 37.6 Å². The summed E-state index contributed by atoms with van der Waals surface area (Å²) in [7, 11) is 0. The maximum Gasteiger partial charge on any atom is 0.215 e. The summed E-state index contributed by atoms with van der Waals surface area (Å²) < 4.78 is 0. The first-order chi connectivity index (χ1) is 13.8. The molecule has 28 heavy (non-hydrogen) atoms. The highest BCUT2D eigenvalue weighted by Gasteiger charge is 2.27. The molecular weight excluding hydrogens is 348 g/mol. The highest BCUT2D eigenvalue weighted by Crippen LogP contribution is 2.36. The quantitative estimate of drug-likeness (QED) is 0.525. The number of fused-ring (bicyclic) bond motifs is 2. The maximum atomic E-state index is 11.9. The molecule has 1 N–H and O–H groups in total. The van der Waals surface area contributed by atoms with Gasteiger partial charge in [0.05, 0.1) is 17.2 Å². The van der Waals surface area contributed by atoms with Crippen LogP contribution in [-0.2, 0) is 4.79 Å². The number of amides is 1. The van der Waals surface area contributed by atoms with Gasteiger partial charge >= 0.3 is 0 Å². The summed E-state index contributed by atoms with van der Waals surface area (Å²) in [4.78, 5) is 26.0. The van der Waals surface area contributed by atoms with Gasteiger partial charge in [0.15, 0.2) is 5.82 Å². The molecule has 0 unspecified atom stereocenters. The van der Waals surface area contributed by atoms with E-state index in [0.717, 1.165) is 43.1 Å². The van der Waals surface area contributed by atoms with Crippen LogP contribution in [0.1, 0.15) is 37.2 Å². The number of H-pyrrole nitrogens is 1. The number of nitrogens with one attached hydrogen (secondary N) is 1. The van der Waals surface area contributed by atoms with Gasteiger partial charge in [-0.3, -0.25) is 14.7 Å². The Labute approximate surface area is 163 Å². The van der Waals surface area contributed by atoms with Crippen molar-refractivity contribution < 1.29 is 4.79 Å². The van der Waals surface area contributed by atoms with Crippen molar-refractivity contribution in [3.8, 4) is 0 Å². The van der Waals surface area contributed by atoms with Crippen molar-refractivity contribution >= 4 is 34.2 Å². The van der Waals surface area contributed by atoms with Gasteiger partial charge in [0, 0.05) is 17.8 Å². The number of carbonyl (C=O) groups excluding carboxylic acids is 1. The van der Waals surface area contributed by atoms with Crippen LogP contribution in [0.25, 0.3) is 21.9 Å². The van der Waals surface area contributed by atoms with Gasteiger partial charge in [-0.2, -0.15) is 0 Å². The minimum Gasteiger partial charge on any atom is -0.361 e. The molecule has 1 amide bonds. The smallest absolute Gasteiger partial charge is 0.215 e. The van der Waals surface area contributed by atoms with Gasteiger partial charge in [-0.05, 0) is 72.9 Å². The Bertz CT molecular complexity index is 1130. The first kappa shape index (κ1) is 16.9. The Kier molecular flexibility index (Phi) is 4.28. The fourth-order valence-corrected chi connectivity index (χ4v) is 4.41. The predicted molar refractivity (Wildman–Crippen MR) is 111 cm³/mol. The second-order valence-electron chi connectivity index (χ2n) is 7.56. The molecule has 0 radical (unpaired) electrons. The summed E-state index contributed by atoms with van der Waals surface area (Å²) in [5.41, 5.74) is 4.24. The SMILES string of the molecule is O=CN(c1cnc2ccccc2n1)C1CCC(c2ccc3[nH]ccc3c2)CC1. The zero-order valence-electron chi connectivity index (χ0n) is 15.6. The summed E-state index contributed by atoms with van der Waals surface area (Å²) in [6.07, 6.45) is 8.71. The summed E-state index contributed by atoms with van der Waals surface area (Å²) in [5.74, 6) is 1.19. The number of carbonyl (C=O) groups is 1. The van der Waals surface area contributed by atoms with Gasteiger partial charge in [0.1, 0.15) is 0 Å². The van der Waals surface area contributed by atoms with Gasteiger partial charge in [0.2, 0.25) is 6.41 Å². The maximum absolute atomic E-state index is 11.9. The van der Waals surface area contributed by atoms with E-state index < -0.39 is 0 Å². The molecule has 1 saturated carbocycles. The van der Waals surface area contributed by atoms with Gasteiger partial charge in [-0.1, -0.05) is 18.2 Å². The molecule has 5 heteroatoms. The van der Waals surface area contributed by atoms with E-state index in [4.69, 9.17) is 0 Å². The van der Waals surface area contributed by atoms with E-state index in [1.54, 1.807) is 11.1 Å². The first-order valence-electron chi connectivity index (χ1n) is 9.84. The number of anilines is 1. The second-order valence-corrected chi connectivity index (χ2v) is 7.56. The Balaban J connectivity index is 1.33. The molecule has 0 aliphatic heterocycles. The van der Waals surface area contributed by atoms with Crippen molar-refractivity contribution in [3.63, 3.8) is 0 Å². The van der Waals surface area contributed by atoms with Crippen LogP contribution in [0.4, 0.5) is 5.82 Å². The van der Waals surface area contributed by atoms with Crippen LogP contribution in [0.15, 0.2) is 60.9 Å².